The molecule has 17 heavy (non-hydrogen) atoms. The van der Waals surface area contributed by atoms with E-state index in [4.69, 9.17) is 0 Å². The molecule has 2 N–H and O–H groups in total. The van der Waals surface area contributed by atoms with Gasteiger partial charge in [-0.25, -0.2) is 4.79 Å². The minimum atomic E-state index is -1.03. The average molecular weight is 236 g/mol. The number of aliphatic carboxylic acids is 1. The molecule has 1 aromatic rings. The quantitative estimate of drug-likeness (QED) is 0.712. The lowest BCUT2D eigenvalue weighted by Gasteiger charge is -2.26. The molecular weight excluding hydrogens is 216 g/mol. The van der Waals surface area contributed by atoms with E-state index in [0.717, 1.165) is 24.8 Å². The highest BCUT2D eigenvalue weighted by molar-refractivity contribution is 5.80. The molecule has 1 aromatic heterocycles. The van der Waals surface area contributed by atoms with Crippen molar-refractivity contribution in [3.63, 3.8) is 0 Å². The van der Waals surface area contributed by atoms with Gasteiger partial charge in [0, 0.05) is 12.4 Å². The van der Waals surface area contributed by atoms with E-state index in [0.29, 0.717) is 6.54 Å². The summed E-state index contributed by atoms with van der Waals surface area (Å²) in [6.07, 6.45) is 6.46. The summed E-state index contributed by atoms with van der Waals surface area (Å²) in [4.78, 5) is 15.3. The summed E-state index contributed by atoms with van der Waals surface area (Å²) < 4.78 is 0. The molecule has 0 aliphatic carbocycles. The molecule has 0 aromatic carbocycles. The molecule has 1 atom stereocenters. The maximum Gasteiger partial charge on any atom is 0.328 e. The van der Waals surface area contributed by atoms with E-state index in [1.54, 1.807) is 31.5 Å². The van der Waals surface area contributed by atoms with Gasteiger partial charge in [-0.05, 0) is 37.6 Å². The molecular formula is C13H20N2O2. The van der Waals surface area contributed by atoms with Gasteiger partial charge in [-0.15, -0.1) is 0 Å². The molecule has 0 saturated heterocycles. The van der Waals surface area contributed by atoms with Gasteiger partial charge in [-0.2, -0.15) is 0 Å². The topological polar surface area (TPSA) is 62.2 Å². The van der Waals surface area contributed by atoms with Crippen LogP contribution < -0.4 is 5.32 Å². The van der Waals surface area contributed by atoms with Crippen LogP contribution in [0, 0.1) is 0 Å². The van der Waals surface area contributed by atoms with Crippen molar-refractivity contribution in [2.75, 3.05) is 6.54 Å². The molecule has 1 unspecified atom stereocenters. The molecule has 0 aliphatic heterocycles. The Hall–Kier alpha value is -1.42. The van der Waals surface area contributed by atoms with Crippen molar-refractivity contribution < 1.29 is 9.90 Å². The van der Waals surface area contributed by atoms with Gasteiger partial charge in [0.1, 0.15) is 5.54 Å². The number of aromatic nitrogens is 1. The number of nitrogens with zero attached hydrogens (tertiary/aromatic N) is 1. The molecule has 0 saturated carbocycles. The molecule has 0 radical (unpaired) electrons. The Bertz CT molecular complexity index is 354. The first-order chi connectivity index (χ1) is 8.11. The fourth-order valence-corrected chi connectivity index (χ4v) is 1.70. The van der Waals surface area contributed by atoms with Crippen molar-refractivity contribution in [2.45, 2.75) is 38.6 Å². The van der Waals surface area contributed by atoms with Crippen molar-refractivity contribution in [3.8, 4) is 0 Å². The average Bonchev–Trinajstić information content (AvgIpc) is 2.35. The first kappa shape index (κ1) is 13.6. The van der Waals surface area contributed by atoms with Crippen LogP contribution in [0.25, 0.3) is 0 Å². The second-order valence-electron chi connectivity index (χ2n) is 4.30. The van der Waals surface area contributed by atoms with Crippen LogP contribution >= 0.6 is 0 Å². The molecule has 1 rings (SSSR count). The number of carboxylic acids is 1. The molecule has 0 fully saturated rings. The fraction of sp³-hybridized carbons (Fsp3) is 0.538. The predicted octanol–water partition coefficient (Wildman–Crippen LogP) is 2.16. The van der Waals surface area contributed by atoms with Crippen molar-refractivity contribution in [1.29, 1.82) is 0 Å². The zero-order valence-electron chi connectivity index (χ0n) is 10.4. The van der Waals surface area contributed by atoms with Gasteiger partial charge in [0.25, 0.3) is 0 Å². The molecule has 0 aliphatic rings. The normalized spacial score (nSPS) is 14.2. The monoisotopic (exact) mass is 236 g/mol. The van der Waals surface area contributed by atoms with Gasteiger partial charge in [-0.3, -0.25) is 10.3 Å². The smallest absolute Gasteiger partial charge is 0.328 e. The van der Waals surface area contributed by atoms with Gasteiger partial charge in [0.2, 0.25) is 0 Å². The summed E-state index contributed by atoms with van der Waals surface area (Å²) in [5.74, 6) is -0.861. The maximum atomic E-state index is 11.4. The van der Waals surface area contributed by atoms with E-state index < -0.39 is 11.5 Å². The largest absolute Gasteiger partial charge is 0.480 e. The lowest BCUT2D eigenvalue weighted by atomic mass is 9.93. The first-order valence-electron chi connectivity index (χ1n) is 6.00. The van der Waals surface area contributed by atoms with Crippen LogP contribution in [0.1, 0.15) is 38.7 Å². The van der Waals surface area contributed by atoms with E-state index in [2.05, 4.69) is 17.2 Å². The maximum absolute atomic E-state index is 11.4. The predicted molar refractivity (Wildman–Crippen MR) is 66.8 cm³/mol. The van der Waals surface area contributed by atoms with Crippen LogP contribution in [0.5, 0.6) is 0 Å². The van der Waals surface area contributed by atoms with E-state index in [-0.39, 0.29) is 0 Å². The third kappa shape index (κ3) is 3.53. The number of pyridine rings is 1. The minimum Gasteiger partial charge on any atom is -0.480 e. The summed E-state index contributed by atoms with van der Waals surface area (Å²) in [5.41, 5.74) is -0.298. The number of nitrogens with one attached hydrogen (secondary N) is 1. The van der Waals surface area contributed by atoms with Crippen molar-refractivity contribution in [1.82, 2.24) is 10.3 Å². The number of unbranched alkanes of at least 4 members (excludes halogenated alkanes) is 2. The number of rotatable bonds is 7. The van der Waals surface area contributed by atoms with E-state index in [1.165, 1.54) is 0 Å². The second kappa shape index (κ2) is 6.35. The molecule has 0 spiro atoms. The molecule has 4 nitrogen and oxygen atoms in total. The van der Waals surface area contributed by atoms with Crippen LogP contribution in [0.4, 0.5) is 0 Å². The number of carbonyl (C=O) groups is 1. The molecule has 94 valence electrons. The fourth-order valence-electron chi connectivity index (χ4n) is 1.70. The zero-order valence-corrected chi connectivity index (χ0v) is 10.4. The highest BCUT2D eigenvalue weighted by Gasteiger charge is 2.34. The summed E-state index contributed by atoms with van der Waals surface area (Å²) in [6, 6.07) is 3.47. The van der Waals surface area contributed by atoms with Crippen LogP contribution in [0.15, 0.2) is 24.5 Å². The summed E-state index contributed by atoms with van der Waals surface area (Å²) >= 11 is 0. The highest BCUT2D eigenvalue weighted by atomic mass is 16.4. The van der Waals surface area contributed by atoms with Crippen LogP contribution in [0.2, 0.25) is 0 Å². The van der Waals surface area contributed by atoms with Crippen molar-refractivity contribution in [2.24, 2.45) is 0 Å². The SMILES string of the molecule is CCCCCNC(C)(C(=O)O)c1ccncc1. The molecule has 0 bridgehead atoms. The first-order valence-corrected chi connectivity index (χ1v) is 6.00. The lowest BCUT2D eigenvalue weighted by Crippen LogP contribution is -2.47. The minimum absolute atomic E-state index is 0.707. The standard InChI is InChI=1S/C13H20N2O2/c1-3-4-5-8-15-13(2,12(16)17)11-6-9-14-10-7-11/h6-7,9-10,15H,3-5,8H2,1-2H3,(H,16,17). The van der Waals surface area contributed by atoms with Crippen molar-refractivity contribution in [3.05, 3.63) is 30.1 Å². The van der Waals surface area contributed by atoms with E-state index in [9.17, 15) is 9.90 Å². The van der Waals surface area contributed by atoms with Gasteiger partial charge in [-0.1, -0.05) is 19.8 Å². The highest BCUT2D eigenvalue weighted by Crippen LogP contribution is 2.20. The van der Waals surface area contributed by atoms with Crippen LogP contribution in [-0.2, 0) is 10.3 Å². The summed E-state index contributed by atoms with van der Waals surface area (Å²) in [7, 11) is 0. The Morgan fingerprint density at radius 1 is 1.41 bits per heavy atom. The molecule has 1 heterocycles. The Balaban J connectivity index is 2.73. The van der Waals surface area contributed by atoms with Crippen LogP contribution in [0.3, 0.4) is 0 Å². The molecule has 4 heteroatoms. The van der Waals surface area contributed by atoms with Crippen molar-refractivity contribution >= 4 is 5.97 Å². The summed E-state index contributed by atoms with van der Waals surface area (Å²) in [6.45, 7) is 4.52. The van der Waals surface area contributed by atoms with Gasteiger partial charge in [0.15, 0.2) is 0 Å². The Morgan fingerprint density at radius 2 is 2.06 bits per heavy atom. The Morgan fingerprint density at radius 3 is 2.59 bits per heavy atom. The third-order valence-electron chi connectivity index (χ3n) is 2.94. The number of hydrogen-bond acceptors (Lipinski definition) is 3. The molecule has 0 amide bonds. The third-order valence-corrected chi connectivity index (χ3v) is 2.94. The lowest BCUT2D eigenvalue weighted by molar-refractivity contribution is -0.144. The Kier molecular flexibility index (Phi) is 5.10. The zero-order chi connectivity index (χ0) is 12.7. The number of carboxylic acid groups (broad SMARTS) is 1. The van der Waals surface area contributed by atoms with Gasteiger partial charge < -0.3 is 5.11 Å². The van der Waals surface area contributed by atoms with Gasteiger partial charge >= 0.3 is 5.97 Å². The van der Waals surface area contributed by atoms with Crippen LogP contribution in [-0.4, -0.2) is 22.6 Å². The Labute approximate surface area is 102 Å². The summed E-state index contributed by atoms with van der Waals surface area (Å²) in [5, 5.41) is 12.5. The number of hydrogen-bond donors (Lipinski definition) is 2. The van der Waals surface area contributed by atoms with E-state index in [1.807, 2.05) is 0 Å². The second-order valence-corrected chi connectivity index (χ2v) is 4.30. The van der Waals surface area contributed by atoms with Gasteiger partial charge in [0.05, 0.1) is 0 Å². The van der Waals surface area contributed by atoms with E-state index >= 15 is 0 Å².